The van der Waals surface area contributed by atoms with E-state index in [9.17, 15) is 13.2 Å². The topological polar surface area (TPSA) is 82.6 Å². The molecule has 0 aromatic carbocycles. The van der Waals surface area contributed by atoms with Crippen molar-refractivity contribution in [3.8, 4) is 0 Å². The van der Waals surface area contributed by atoms with Crippen molar-refractivity contribution in [1.82, 2.24) is 4.98 Å². The normalized spacial score (nSPS) is 11.4. The van der Waals surface area contributed by atoms with Crippen LogP contribution in [-0.2, 0) is 23.8 Å². The first kappa shape index (κ1) is 14.2. The molecule has 0 atom stereocenters. The first-order valence-corrected chi connectivity index (χ1v) is 6.64. The number of ether oxygens (including phenoxy) is 1. The van der Waals surface area contributed by atoms with Crippen molar-refractivity contribution in [3.05, 3.63) is 36.7 Å². The Balaban J connectivity index is 2.58. The quantitative estimate of drug-likeness (QED) is 0.335. The van der Waals surface area contributed by atoms with Crippen LogP contribution in [0.25, 0.3) is 0 Å². The molecule has 0 bridgehead atoms. The van der Waals surface area contributed by atoms with Crippen LogP contribution in [0, 0.1) is 0 Å². The summed E-state index contributed by atoms with van der Waals surface area (Å²) in [7, 11) is -3.98. The van der Waals surface area contributed by atoms with Crippen LogP contribution in [0.4, 0.5) is 0 Å². The Morgan fingerprint density at radius 2 is 2.22 bits per heavy atom. The molecule has 18 heavy (non-hydrogen) atoms. The van der Waals surface area contributed by atoms with Gasteiger partial charge in [0.2, 0.25) is 0 Å². The molecule has 0 amide bonds. The first-order valence-electron chi connectivity index (χ1n) is 5.24. The molecule has 0 aliphatic carbocycles. The van der Waals surface area contributed by atoms with Crippen molar-refractivity contribution in [2.24, 2.45) is 0 Å². The van der Waals surface area contributed by atoms with Gasteiger partial charge >= 0.3 is 16.1 Å². The van der Waals surface area contributed by atoms with Gasteiger partial charge in [0.25, 0.3) is 0 Å². The zero-order valence-corrected chi connectivity index (χ0v) is 10.6. The third-order valence-electron chi connectivity index (χ3n) is 1.73. The Labute approximate surface area is 105 Å². The van der Waals surface area contributed by atoms with E-state index < -0.39 is 16.1 Å². The third kappa shape index (κ3) is 4.54. The van der Waals surface area contributed by atoms with Gasteiger partial charge in [-0.15, -0.1) is 0 Å². The van der Waals surface area contributed by atoms with Crippen LogP contribution in [0.2, 0.25) is 0 Å². The molecule has 0 fully saturated rings. The molecule has 7 heteroatoms. The summed E-state index contributed by atoms with van der Waals surface area (Å²) >= 11 is 0. The molecule has 0 aliphatic heterocycles. The highest BCUT2D eigenvalue weighted by Gasteiger charge is 2.14. The fourth-order valence-electron chi connectivity index (χ4n) is 0.952. The maximum absolute atomic E-state index is 11.5. The minimum Gasteiger partial charge on any atom is -0.462 e. The van der Waals surface area contributed by atoms with E-state index in [0.29, 0.717) is 6.42 Å². The van der Waals surface area contributed by atoms with E-state index in [-0.39, 0.29) is 11.6 Å². The SMILES string of the molecule is CCCOC(=O)C=COS(=O)(=O)c1ccccn1. The van der Waals surface area contributed by atoms with Gasteiger partial charge in [0.15, 0.2) is 5.03 Å². The minimum absolute atomic E-state index is 0.225. The lowest BCUT2D eigenvalue weighted by atomic mass is 10.5. The van der Waals surface area contributed by atoms with E-state index >= 15 is 0 Å². The molecule has 1 aromatic rings. The summed E-state index contributed by atoms with van der Waals surface area (Å²) in [6, 6.07) is 4.39. The number of hydrogen-bond donors (Lipinski definition) is 0. The Morgan fingerprint density at radius 3 is 2.83 bits per heavy atom. The summed E-state index contributed by atoms with van der Waals surface area (Å²) in [6.45, 7) is 2.12. The summed E-state index contributed by atoms with van der Waals surface area (Å²) < 4.78 is 32.3. The van der Waals surface area contributed by atoms with Crippen molar-refractivity contribution in [1.29, 1.82) is 0 Å². The van der Waals surface area contributed by atoms with E-state index in [4.69, 9.17) is 4.74 Å². The van der Waals surface area contributed by atoms with E-state index in [0.717, 1.165) is 12.3 Å². The highest BCUT2D eigenvalue weighted by molar-refractivity contribution is 7.86. The Kier molecular flexibility index (Phi) is 5.31. The van der Waals surface area contributed by atoms with Crippen molar-refractivity contribution in [2.45, 2.75) is 18.4 Å². The average Bonchev–Trinajstić information content (AvgIpc) is 2.37. The number of rotatable bonds is 6. The zero-order valence-electron chi connectivity index (χ0n) is 9.78. The van der Waals surface area contributed by atoms with Gasteiger partial charge in [-0.3, -0.25) is 0 Å². The molecule has 0 unspecified atom stereocenters. The van der Waals surface area contributed by atoms with Crippen LogP contribution in [0.1, 0.15) is 13.3 Å². The molecular weight excluding hydrogens is 258 g/mol. The van der Waals surface area contributed by atoms with Gasteiger partial charge in [0, 0.05) is 6.20 Å². The van der Waals surface area contributed by atoms with Crippen molar-refractivity contribution in [3.63, 3.8) is 0 Å². The number of esters is 1. The predicted octanol–water partition coefficient (Wildman–Crippen LogP) is 1.25. The second kappa shape index (κ2) is 6.75. The molecule has 1 aromatic heterocycles. The van der Waals surface area contributed by atoms with E-state index in [1.54, 1.807) is 6.07 Å². The second-order valence-corrected chi connectivity index (χ2v) is 4.71. The molecule has 6 nitrogen and oxygen atoms in total. The number of carbonyl (C=O) groups excluding carboxylic acids is 1. The highest BCUT2D eigenvalue weighted by atomic mass is 32.2. The second-order valence-electron chi connectivity index (χ2n) is 3.19. The van der Waals surface area contributed by atoms with Gasteiger partial charge < -0.3 is 8.92 Å². The van der Waals surface area contributed by atoms with Crippen molar-refractivity contribution < 1.29 is 22.1 Å². The molecular formula is C11H13NO5S. The van der Waals surface area contributed by atoms with Gasteiger partial charge in [0.1, 0.15) is 6.26 Å². The third-order valence-corrected chi connectivity index (χ3v) is 2.85. The molecule has 0 N–H and O–H groups in total. The Hall–Kier alpha value is -1.89. The van der Waals surface area contributed by atoms with Gasteiger partial charge in [-0.2, -0.15) is 8.42 Å². The van der Waals surface area contributed by atoms with Crippen LogP contribution >= 0.6 is 0 Å². The molecule has 1 heterocycles. The zero-order chi connectivity index (χ0) is 13.4. The predicted molar refractivity (Wildman–Crippen MR) is 62.9 cm³/mol. The highest BCUT2D eigenvalue weighted by Crippen LogP contribution is 2.08. The van der Waals surface area contributed by atoms with Gasteiger partial charge in [-0.1, -0.05) is 13.0 Å². The number of aromatic nitrogens is 1. The van der Waals surface area contributed by atoms with Crippen LogP contribution < -0.4 is 0 Å². The lowest BCUT2D eigenvalue weighted by Gasteiger charge is -2.01. The number of hydrogen-bond acceptors (Lipinski definition) is 6. The van der Waals surface area contributed by atoms with Crippen LogP contribution in [0.15, 0.2) is 41.8 Å². The molecule has 0 spiro atoms. The van der Waals surface area contributed by atoms with E-state index in [1.165, 1.54) is 18.3 Å². The van der Waals surface area contributed by atoms with Gasteiger partial charge in [-0.05, 0) is 18.6 Å². The standard InChI is InChI=1S/C11H13NO5S/c1-2-8-16-11(13)6-9-17-18(14,15)10-5-3-4-7-12-10/h3-7,9H,2,8H2,1H3. The smallest absolute Gasteiger partial charge is 0.356 e. The van der Waals surface area contributed by atoms with Crippen molar-refractivity contribution in [2.75, 3.05) is 6.61 Å². The van der Waals surface area contributed by atoms with Crippen LogP contribution in [0.3, 0.4) is 0 Å². The molecule has 0 radical (unpaired) electrons. The van der Waals surface area contributed by atoms with Crippen molar-refractivity contribution >= 4 is 16.1 Å². The van der Waals surface area contributed by atoms with Crippen LogP contribution in [0.5, 0.6) is 0 Å². The molecule has 0 aliphatic rings. The summed E-state index contributed by atoms with van der Waals surface area (Å²) in [5.74, 6) is -0.659. The average molecular weight is 271 g/mol. The number of nitrogens with zero attached hydrogens (tertiary/aromatic N) is 1. The maximum Gasteiger partial charge on any atom is 0.356 e. The molecule has 0 saturated carbocycles. The summed E-state index contributed by atoms with van der Waals surface area (Å²) in [6.07, 6.45) is 3.68. The van der Waals surface area contributed by atoms with E-state index in [1.807, 2.05) is 6.92 Å². The van der Waals surface area contributed by atoms with Crippen LogP contribution in [-0.4, -0.2) is 26.0 Å². The minimum atomic E-state index is -3.98. The molecule has 0 saturated heterocycles. The lowest BCUT2D eigenvalue weighted by Crippen LogP contribution is -2.06. The maximum atomic E-state index is 11.5. The van der Waals surface area contributed by atoms with Gasteiger partial charge in [0.05, 0.1) is 12.7 Å². The first-order chi connectivity index (χ1) is 8.56. The largest absolute Gasteiger partial charge is 0.462 e. The fraction of sp³-hybridized carbons (Fsp3) is 0.273. The Morgan fingerprint density at radius 1 is 1.44 bits per heavy atom. The number of pyridine rings is 1. The summed E-state index contributed by atoms with van der Waals surface area (Å²) in [5.41, 5.74) is 0. The Bertz CT molecular complexity index is 509. The van der Waals surface area contributed by atoms with E-state index in [2.05, 4.69) is 9.17 Å². The summed E-state index contributed by atoms with van der Waals surface area (Å²) in [5, 5.41) is -0.225. The molecule has 1 rings (SSSR count). The number of carbonyl (C=O) groups is 1. The monoisotopic (exact) mass is 271 g/mol. The lowest BCUT2D eigenvalue weighted by molar-refractivity contribution is -0.137. The molecule has 98 valence electrons. The summed E-state index contributed by atoms with van der Waals surface area (Å²) in [4.78, 5) is 14.7. The fourth-order valence-corrected chi connectivity index (χ4v) is 1.69. The van der Waals surface area contributed by atoms with Gasteiger partial charge in [-0.25, -0.2) is 9.78 Å².